The number of carbonyl (C=O) groups is 1. The van der Waals surface area contributed by atoms with Crippen LogP contribution in [-0.4, -0.2) is 76.9 Å². The van der Waals surface area contributed by atoms with Crippen LogP contribution in [0.3, 0.4) is 0 Å². The number of ketones is 1. The van der Waals surface area contributed by atoms with Crippen molar-refractivity contribution in [3.63, 3.8) is 0 Å². The third kappa shape index (κ3) is 9.98. The van der Waals surface area contributed by atoms with Gasteiger partial charge in [-0.15, -0.1) is 0 Å². The predicted molar refractivity (Wildman–Crippen MR) is 317 cm³/mol. The van der Waals surface area contributed by atoms with Crippen LogP contribution in [0.4, 0.5) is 0 Å². The van der Waals surface area contributed by atoms with E-state index in [1.54, 1.807) is 89.3 Å². The lowest BCUT2D eigenvalue weighted by Crippen LogP contribution is -2.48. The molecule has 0 N–H and O–H groups in total. The number of rotatable bonds is 19. The Morgan fingerprint density at radius 3 is 1.49 bits per heavy atom. The average Bonchev–Trinajstić information content (AvgIpc) is 1.62. The van der Waals surface area contributed by atoms with Crippen LogP contribution in [0.5, 0.6) is 69.0 Å². The van der Waals surface area contributed by atoms with E-state index in [0.29, 0.717) is 86.5 Å². The number of methoxy groups -OCH3 is 10. The van der Waals surface area contributed by atoms with Gasteiger partial charge in [-0.25, -0.2) is 0 Å². The van der Waals surface area contributed by atoms with Gasteiger partial charge in [-0.3, -0.25) is 4.79 Å². The molecule has 0 unspecified atom stereocenters. The van der Waals surface area contributed by atoms with E-state index in [1.807, 2.05) is 133 Å². The van der Waals surface area contributed by atoms with Crippen LogP contribution in [0.2, 0.25) is 0 Å². The summed E-state index contributed by atoms with van der Waals surface area (Å²) in [5.41, 5.74) is 6.95. The zero-order valence-electron chi connectivity index (χ0n) is 49.1. The van der Waals surface area contributed by atoms with Gasteiger partial charge < -0.3 is 66.3 Å². The molecule has 2 fully saturated rings. The highest BCUT2D eigenvalue weighted by Gasteiger charge is 2.68. The van der Waals surface area contributed by atoms with E-state index in [2.05, 4.69) is 12.1 Å². The molecule has 2 saturated heterocycles. The molecule has 4 heterocycles. The zero-order valence-corrected chi connectivity index (χ0v) is 49.1. The molecule has 8 aromatic carbocycles. The van der Waals surface area contributed by atoms with E-state index >= 15 is 4.79 Å². The van der Waals surface area contributed by atoms with Gasteiger partial charge >= 0.3 is 0 Å². The first-order valence-electron chi connectivity index (χ1n) is 28.1. The fraction of sp³-hybridized carbons (Fsp3) is 0.300. The Morgan fingerprint density at radius 2 is 0.918 bits per heavy atom. The fourth-order valence-corrected chi connectivity index (χ4v) is 13.4. The Morgan fingerprint density at radius 1 is 0.424 bits per heavy atom. The summed E-state index contributed by atoms with van der Waals surface area (Å²) in [5.74, 6) is 2.45. The van der Waals surface area contributed by atoms with Crippen LogP contribution in [0.15, 0.2) is 164 Å². The first-order valence-corrected chi connectivity index (χ1v) is 28.1. The van der Waals surface area contributed by atoms with Gasteiger partial charge in [0.1, 0.15) is 75.1 Å². The normalized spacial score (nSPS) is 23.3. The summed E-state index contributed by atoms with van der Waals surface area (Å²) in [6.45, 7) is 0. The number of hydrogen-bond acceptors (Lipinski definition) is 15. The minimum Gasteiger partial charge on any atom is -0.497 e. The predicted octanol–water partition coefficient (Wildman–Crippen LogP) is 13.5. The third-order valence-electron chi connectivity index (χ3n) is 17.5. The molecule has 0 spiro atoms. The quantitative estimate of drug-likeness (QED) is 0.0707. The van der Waals surface area contributed by atoms with Crippen molar-refractivity contribution in [1.82, 2.24) is 0 Å². The highest BCUT2D eigenvalue weighted by atomic mass is 16.7. The minimum atomic E-state index is -1.51. The largest absolute Gasteiger partial charge is 0.497 e. The van der Waals surface area contributed by atoms with E-state index in [0.717, 1.165) is 38.9 Å². The second-order valence-corrected chi connectivity index (χ2v) is 21.5. The van der Waals surface area contributed by atoms with E-state index in [4.69, 9.17) is 66.3 Å². The van der Waals surface area contributed by atoms with Crippen LogP contribution in [0.25, 0.3) is 0 Å². The van der Waals surface area contributed by atoms with Crippen molar-refractivity contribution in [2.75, 3.05) is 71.1 Å². The van der Waals surface area contributed by atoms with Crippen molar-refractivity contribution >= 4 is 5.78 Å². The number of hydrogen-bond donors (Lipinski definition) is 0. The Hall–Kier alpha value is -9.05. The van der Waals surface area contributed by atoms with Crippen molar-refractivity contribution < 1.29 is 71.1 Å². The summed E-state index contributed by atoms with van der Waals surface area (Å²) < 4.78 is 89.5. The van der Waals surface area contributed by atoms with E-state index in [1.165, 1.54) is 0 Å². The molecule has 15 heteroatoms. The summed E-state index contributed by atoms with van der Waals surface area (Å²) >= 11 is 0. The topological polar surface area (TPSA) is 146 Å². The van der Waals surface area contributed by atoms with Crippen molar-refractivity contribution in [2.45, 2.75) is 42.5 Å². The smallest absolute Gasteiger partial charge is 0.242 e. The maximum Gasteiger partial charge on any atom is 0.242 e. The minimum absolute atomic E-state index is 0.166. The molecule has 0 aromatic heterocycles. The molecule has 0 bridgehead atoms. The van der Waals surface area contributed by atoms with Crippen molar-refractivity contribution in [1.29, 1.82) is 0 Å². The van der Waals surface area contributed by atoms with Gasteiger partial charge in [0, 0.05) is 69.8 Å². The summed E-state index contributed by atoms with van der Waals surface area (Å²) in [6.07, 6.45) is -2.37. The summed E-state index contributed by atoms with van der Waals surface area (Å²) in [7, 11) is 16.3. The molecular weight excluding hydrogens is 1080 g/mol. The van der Waals surface area contributed by atoms with Crippen LogP contribution in [0, 0.1) is 23.7 Å². The summed E-state index contributed by atoms with van der Waals surface area (Å²) in [6, 6.07) is 52.6. The number of fused-ring (bicyclic) bond motifs is 6. The van der Waals surface area contributed by atoms with E-state index in [-0.39, 0.29) is 5.78 Å². The van der Waals surface area contributed by atoms with Gasteiger partial charge in [0.05, 0.1) is 107 Å². The lowest BCUT2D eigenvalue weighted by atomic mass is 9.64. The second kappa shape index (κ2) is 23.5. The summed E-state index contributed by atoms with van der Waals surface area (Å²) in [5, 5.41) is 0. The van der Waals surface area contributed by atoms with Gasteiger partial charge in [0.25, 0.3) is 0 Å². The summed E-state index contributed by atoms with van der Waals surface area (Å²) in [4.78, 5) is 16.0. The fourth-order valence-electron chi connectivity index (χ4n) is 13.4. The van der Waals surface area contributed by atoms with Gasteiger partial charge in [-0.2, -0.15) is 0 Å². The van der Waals surface area contributed by atoms with Crippen LogP contribution < -0.4 is 56.8 Å². The van der Waals surface area contributed by atoms with Crippen LogP contribution in [0.1, 0.15) is 85.2 Å². The zero-order chi connectivity index (χ0) is 59.1. The Bertz CT molecular complexity index is 3700. The molecule has 12 rings (SSSR count). The molecule has 4 aliphatic rings. The molecule has 85 heavy (non-hydrogen) atoms. The highest BCUT2D eigenvalue weighted by molar-refractivity contribution is 6.01. The van der Waals surface area contributed by atoms with E-state index in [9.17, 15) is 0 Å². The van der Waals surface area contributed by atoms with Crippen LogP contribution in [-0.2, 0) is 21.7 Å². The van der Waals surface area contributed by atoms with Crippen LogP contribution >= 0.6 is 0 Å². The lowest BCUT2D eigenvalue weighted by molar-refractivity contribution is -0.212. The number of ether oxygens (including phenoxy) is 14. The maximum atomic E-state index is 16.0. The average molecular weight is 1150 g/mol. The SMILES string of the molecule is COc1ccc(C[C@H]2[C@H](C(=O)c3ccc(OC)cc3OC)[C@@H](c3ccc(OC)cc3)O[C@H]2c2cc3c(cc2OC)O[C@]2(c4ccc(OC)cc4)O[C@H]4c5ccc(OC)cc5O[C@H](c5ccc(OC)cc5)[C@H]4[C@@H]2[C@H]3c2ccc(OC)cc2OC)cc1. The number of benzene rings is 8. The Kier molecular flexibility index (Phi) is 15.6. The molecule has 438 valence electrons. The third-order valence-corrected chi connectivity index (χ3v) is 17.5. The highest BCUT2D eigenvalue weighted by Crippen LogP contribution is 2.70. The molecular formula is C70H68O15. The first-order chi connectivity index (χ1) is 41.5. The molecule has 0 radical (unpaired) electrons. The molecule has 8 aromatic rings. The Labute approximate surface area is 495 Å². The van der Waals surface area contributed by atoms with E-state index < -0.39 is 59.8 Å². The first kappa shape index (κ1) is 56.4. The van der Waals surface area contributed by atoms with Crippen molar-refractivity contribution in [3.05, 3.63) is 214 Å². The number of carbonyl (C=O) groups excluding carboxylic acids is 1. The molecule has 0 amide bonds. The lowest BCUT2D eigenvalue weighted by Gasteiger charge is -2.47. The molecule has 4 aliphatic heterocycles. The van der Waals surface area contributed by atoms with Gasteiger partial charge in [-0.1, -0.05) is 42.5 Å². The Balaban J connectivity index is 1.12. The van der Waals surface area contributed by atoms with Gasteiger partial charge in [0.15, 0.2) is 5.78 Å². The van der Waals surface area contributed by atoms with Gasteiger partial charge in [0.2, 0.25) is 5.79 Å². The second-order valence-electron chi connectivity index (χ2n) is 21.5. The van der Waals surface area contributed by atoms with Crippen molar-refractivity contribution in [3.8, 4) is 69.0 Å². The molecule has 15 nitrogen and oxygen atoms in total. The van der Waals surface area contributed by atoms with Gasteiger partial charge in [-0.05, 0) is 120 Å². The molecule has 0 aliphatic carbocycles. The molecule has 0 saturated carbocycles. The monoisotopic (exact) mass is 1150 g/mol. The molecule has 10 atom stereocenters. The number of Topliss-reactive ketones (excluding diaryl/α,β-unsaturated/α-hetero) is 1. The van der Waals surface area contributed by atoms with Crippen molar-refractivity contribution in [2.24, 2.45) is 23.7 Å². The standard InChI is InChI=1S/C70H68O15/c1-72-43-19-11-39(12-20-43)33-55-62(65(71)51-31-28-48(77-6)35-57(51)80-9)66(40-13-21-44(73-2)22-14-40)83-68(55)54-37-53-60(38-58(54)81-10)84-70(42-17-25-46(75-4)26-18-42)64(61(53)50-30-27-47(76-5)34-56(50)79-8)63-67(41-15-23-45(74-3)24-16-41)82-59-36-49(78-7)29-32-52(59)69(63)85-70/h11-32,34-38,55,61-64,66-69H,33H2,1-10H3/t55-,61-,62+,63+,64-,66+,67+,68-,69-,70+/m0/s1. The maximum absolute atomic E-state index is 16.0.